The molecule has 0 unspecified atom stereocenters. The standard InChI is InChI=1S/C27H29N7O2/c1-18-3-5-20(6-4-18)23-16-31-26-25(29-11-14-34(23)26)32-21-7-8-22(19(2)15-21)27(36)30-10-13-33-12-9-28-24(35)17-33/h3-8,11,14-16H,9-10,12-13,17H2,1-2H3,(H,28,35)(H,29,32)(H,30,36). The average Bonchev–Trinajstić information content (AvgIpc) is 3.30. The zero-order chi connectivity index (χ0) is 25.1. The van der Waals surface area contributed by atoms with Gasteiger partial charge in [0.25, 0.3) is 5.91 Å². The molecule has 5 rings (SSSR count). The van der Waals surface area contributed by atoms with E-state index in [9.17, 15) is 9.59 Å². The second kappa shape index (κ2) is 10.2. The van der Waals surface area contributed by atoms with E-state index in [1.54, 1.807) is 6.20 Å². The van der Waals surface area contributed by atoms with Crippen molar-refractivity contribution in [2.45, 2.75) is 13.8 Å². The number of fused-ring (bicyclic) bond motifs is 1. The molecule has 1 fully saturated rings. The lowest BCUT2D eigenvalue weighted by molar-refractivity contribution is -0.124. The first-order chi connectivity index (χ1) is 17.5. The van der Waals surface area contributed by atoms with Gasteiger partial charge < -0.3 is 16.0 Å². The number of nitrogens with one attached hydrogen (secondary N) is 3. The van der Waals surface area contributed by atoms with Gasteiger partial charge in [-0.1, -0.05) is 29.8 Å². The first-order valence-electron chi connectivity index (χ1n) is 12.0. The first kappa shape index (κ1) is 23.5. The lowest BCUT2D eigenvalue weighted by Crippen LogP contribution is -2.49. The Kier molecular flexibility index (Phi) is 6.64. The van der Waals surface area contributed by atoms with Crippen LogP contribution in [-0.4, -0.2) is 63.8 Å². The van der Waals surface area contributed by atoms with E-state index in [1.165, 1.54) is 5.56 Å². The van der Waals surface area contributed by atoms with Crippen molar-refractivity contribution in [2.24, 2.45) is 0 Å². The van der Waals surface area contributed by atoms with Crippen LogP contribution in [0.15, 0.2) is 61.1 Å². The van der Waals surface area contributed by atoms with E-state index < -0.39 is 0 Å². The van der Waals surface area contributed by atoms with Crippen LogP contribution in [0.1, 0.15) is 21.5 Å². The minimum atomic E-state index is -0.128. The van der Waals surface area contributed by atoms with Crippen LogP contribution < -0.4 is 16.0 Å². The SMILES string of the molecule is Cc1ccc(-c2cnc3c(Nc4ccc(C(=O)NCCN5CCNC(=O)C5)c(C)c4)nccn23)cc1. The van der Waals surface area contributed by atoms with Gasteiger partial charge in [-0.05, 0) is 37.6 Å². The number of imidazole rings is 1. The molecule has 36 heavy (non-hydrogen) atoms. The van der Waals surface area contributed by atoms with Crippen molar-refractivity contribution in [1.82, 2.24) is 29.9 Å². The summed E-state index contributed by atoms with van der Waals surface area (Å²) in [7, 11) is 0. The Balaban J connectivity index is 1.27. The number of carbonyl (C=O) groups is 2. The van der Waals surface area contributed by atoms with Crippen LogP contribution in [0.3, 0.4) is 0 Å². The van der Waals surface area contributed by atoms with Crippen LogP contribution >= 0.6 is 0 Å². The summed E-state index contributed by atoms with van der Waals surface area (Å²) in [5, 5.41) is 9.11. The molecular weight excluding hydrogens is 454 g/mol. The zero-order valence-electron chi connectivity index (χ0n) is 20.4. The smallest absolute Gasteiger partial charge is 0.251 e. The number of rotatable bonds is 7. The van der Waals surface area contributed by atoms with Gasteiger partial charge in [0.05, 0.1) is 18.4 Å². The zero-order valence-corrected chi connectivity index (χ0v) is 20.4. The molecule has 0 spiro atoms. The van der Waals surface area contributed by atoms with Crippen molar-refractivity contribution in [3.8, 4) is 11.3 Å². The molecule has 0 bridgehead atoms. The third-order valence-electron chi connectivity index (χ3n) is 6.34. The fraction of sp³-hybridized carbons (Fsp3) is 0.259. The maximum atomic E-state index is 12.7. The van der Waals surface area contributed by atoms with E-state index in [2.05, 4.69) is 57.1 Å². The minimum absolute atomic E-state index is 0.0263. The highest BCUT2D eigenvalue weighted by Gasteiger charge is 2.17. The number of anilines is 2. The molecular formula is C27H29N7O2. The molecule has 0 saturated carbocycles. The van der Waals surface area contributed by atoms with Crippen LogP contribution in [-0.2, 0) is 4.79 Å². The number of hydrogen-bond acceptors (Lipinski definition) is 6. The molecule has 184 valence electrons. The maximum Gasteiger partial charge on any atom is 0.251 e. The van der Waals surface area contributed by atoms with Crippen LogP contribution in [0.4, 0.5) is 11.5 Å². The number of aryl methyl sites for hydroxylation is 2. The van der Waals surface area contributed by atoms with Crippen LogP contribution in [0.2, 0.25) is 0 Å². The highest BCUT2D eigenvalue weighted by atomic mass is 16.2. The molecule has 3 heterocycles. The minimum Gasteiger partial charge on any atom is -0.354 e. The van der Waals surface area contributed by atoms with Gasteiger partial charge in [0, 0.05) is 55.4 Å². The van der Waals surface area contributed by atoms with Gasteiger partial charge in [0.1, 0.15) is 0 Å². The van der Waals surface area contributed by atoms with Gasteiger partial charge in [-0.25, -0.2) is 9.97 Å². The molecule has 9 nitrogen and oxygen atoms in total. The second-order valence-corrected chi connectivity index (χ2v) is 9.02. The fourth-order valence-corrected chi connectivity index (χ4v) is 4.38. The predicted octanol–water partition coefficient (Wildman–Crippen LogP) is 2.92. The number of carbonyl (C=O) groups excluding carboxylic acids is 2. The second-order valence-electron chi connectivity index (χ2n) is 9.02. The highest BCUT2D eigenvalue weighted by molar-refractivity contribution is 5.96. The summed E-state index contributed by atoms with van der Waals surface area (Å²) in [6.07, 6.45) is 5.49. The summed E-state index contributed by atoms with van der Waals surface area (Å²) < 4.78 is 2.01. The van der Waals surface area contributed by atoms with E-state index in [0.29, 0.717) is 37.6 Å². The normalized spacial score (nSPS) is 14.0. The summed E-state index contributed by atoms with van der Waals surface area (Å²) in [6, 6.07) is 13.9. The summed E-state index contributed by atoms with van der Waals surface area (Å²) in [6.45, 7) is 6.92. The molecule has 0 atom stereocenters. The van der Waals surface area contributed by atoms with Crippen molar-refractivity contribution < 1.29 is 9.59 Å². The summed E-state index contributed by atoms with van der Waals surface area (Å²) in [4.78, 5) is 35.3. The van der Waals surface area contributed by atoms with Gasteiger partial charge >= 0.3 is 0 Å². The van der Waals surface area contributed by atoms with Crippen LogP contribution in [0.25, 0.3) is 16.9 Å². The van der Waals surface area contributed by atoms with Crippen molar-refractivity contribution in [2.75, 3.05) is 38.0 Å². The molecule has 2 aromatic carbocycles. The highest BCUT2D eigenvalue weighted by Crippen LogP contribution is 2.26. The van der Waals surface area contributed by atoms with E-state index in [-0.39, 0.29) is 11.8 Å². The van der Waals surface area contributed by atoms with Gasteiger partial charge in [-0.3, -0.25) is 18.9 Å². The Labute approximate surface area is 209 Å². The number of amides is 2. The lowest BCUT2D eigenvalue weighted by atomic mass is 10.1. The summed E-state index contributed by atoms with van der Waals surface area (Å²) >= 11 is 0. The van der Waals surface area contributed by atoms with Crippen molar-refractivity contribution in [3.05, 3.63) is 77.7 Å². The predicted molar refractivity (Wildman–Crippen MR) is 139 cm³/mol. The first-order valence-corrected chi connectivity index (χ1v) is 12.0. The average molecular weight is 484 g/mol. The molecule has 9 heteroatoms. The van der Waals surface area contributed by atoms with Gasteiger partial charge in [0.15, 0.2) is 11.5 Å². The fourth-order valence-electron chi connectivity index (χ4n) is 4.38. The molecule has 4 aromatic rings. The topological polar surface area (TPSA) is 104 Å². The van der Waals surface area contributed by atoms with Gasteiger partial charge in [-0.2, -0.15) is 0 Å². The summed E-state index contributed by atoms with van der Waals surface area (Å²) in [5.41, 5.74) is 6.29. The van der Waals surface area contributed by atoms with Gasteiger partial charge in [0.2, 0.25) is 5.91 Å². The Morgan fingerprint density at radius 1 is 1.11 bits per heavy atom. The summed E-state index contributed by atoms with van der Waals surface area (Å²) in [5.74, 6) is 0.535. The Bertz CT molecular complexity index is 1410. The van der Waals surface area contributed by atoms with E-state index in [0.717, 1.165) is 34.7 Å². The number of benzene rings is 2. The quantitative estimate of drug-likeness (QED) is 0.374. The van der Waals surface area contributed by atoms with E-state index >= 15 is 0 Å². The molecule has 2 aromatic heterocycles. The maximum absolute atomic E-state index is 12.7. The Morgan fingerprint density at radius 2 is 1.94 bits per heavy atom. The molecule has 1 saturated heterocycles. The van der Waals surface area contributed by atoms with Crippen LogP contribution in [0, 0.1) is 13.8 Å². The molecule has 3 N–H and O–H groups in total. The van der Waals surface area contributed by atoms with Crippen LogP contribution in [0.5, 0.6) is 0 Å². The number of hydrogen-bond donors (Lipinski definition) is 3. The number of nitrogens with zero attached hydrogens (tertiary/aromatic N) is 4. The molecule has 0 aliphatic carbocycles. The molecule has 2 amide bonds. The van der Waals surface area contributed by atoms with Crippen molar-refractivity contribution >= 4 is 29.0 Å². The Morgan fingerprint density at radius 3 is 2.72 bits per heavy atom. The Hall–Kier alpha value is -4.24. The molecule has 1 aliphatic heterocycles. The van der Waals surface area contributed by atoms with Crippen molar-refractivity contribution in [1.29, 1.82) is 0 Å². The lowest BCUT2D eigenvalue weighted by Gasteiger charge is -2.26. The number of piperazine rings is 1. The van der Waals surface area contributed by atoms with E-state index in [4.69, 9.17) is 0 Å². The molecule has 0 radical (unpaired) electrons. The van der Waals surface area contributed by atoms with E-state index in [1.807, 2.05) is 46.8 Å². The largest absolute Gasteiger partial charge is 0.354 e. The monoisotopic (exact) mass is 483 g/mol. The van der Waals surface area contributed by atoms with Crippen molar-refractivity contribution in [3.63, 3.8) is 0 Å². The molecule has 1 aliphatic rings. The third kappa shape index (κ3) is 5.06. The number of aromatic nitrogens is 3. The third-order valence-corrected chi connectivity index (χ3v) is 6.34. The van der Waals surface area contributed by atoms with Gasteiger partial charge in [-0.15, -0.1) is 0 Å².